The van der Waals surface area contributed by atoms with Crippen LogP contribution in [-0.4, -0.2) is 99.7 Å². The van der Waals surface area contributed by atoms with Crippen LogP contribution < -0.4 is 21.3 Å². The number of methoxy groups -OCH3 is 3. The first-order valence-electron chi connectivity index (χ1n) is 15.4. The lowest BCUT2D eigenvalue weighted by molar-refractivity contribution is -0.144. The number of nitrogens with one attached hydrogen (secondary N) is 4. The third kappa shape index (κ3) is 16.5. The number of amides is 4. The van der Waals surface area contributed by atoms with Crippen LogP contribution in [0.5, 0.6) is 0 Å². The average Bonchev–Trinajstić information content (AvgIpc) is 3.09. The maximum Gasteiger partial charge on any atom is 0.408 e. The summed E-state index contributed by atoms with van der Waals surface area (Å²) in [4.78, 5) is 100. The quantitative estimate of drug-likeness (QED) is 0.104. The van der Waals surface area contributed by atoms with E-state index in [1.807, 2.05) is 0 Å². The molecule has 17 heteroatoms. The van der Waals surface area contributed by atoms with Crippen molar-refractivity contribution in [2.24, 2.45) is 5.92 Å². The Kier molecular flexibility index (Phi) is 19.2. The van der Waals surface area contributed by atoms with Gasteiger partial charge in [0.1, 0.15) is 37.4 Å². The smallest absolute Gasteiger partial charge is 0.408 e. The van der Waals surface area contributed by atoms with Crippen LogP contribution in [0.25, 0.3) is 0 Å². The lowest BCUT2D eigenvalue weighted by atomic mass is 10.0. The van der Waals surface area contributed by atoms with Crippen molar-refractivity contribution in [1.82, 2.24) is 21.3 Å². The second-order valence-corrected chi connectivity index (χ2v) is 11.2. The third-order valence-corrected chi connectivity index (χ3v) is 6.96. The number of Topliss-reactive ketones (excluding diaryl/α,β-unsaturated/α-hetero) is 1. The number of hydrogen-bond donors (Lipinski definition) is 4. The molecular weight excluding hydrogens is 651 g/mol. The van der Waals surface area contributed by atoms with Crippen LogP contribution >= 0.6 is 0 Å². The van der Waals surface area contributed by atoms with E-state index in [0.29, 0.717) is 5.56 Å². The van der Waals surface area contributed by atoms with Crippen molar-refractivity contribution in [2.75, 3.05) is 28.0 Å². The normalized spacial score (nSPS) is 13.0. The van der Waals surface area contributed by atoms with Gasteiger partial charge < -0.3 is 40.2 Å². The minimum atomic E-state index is -1.65. The van der Waals surface area contributed by atoms with Gasteiger partial charge in [0.15, 0.2) is 5.78 Å². The minimum Gasteiger partial charge on any atom is -0.469 e. The highest BCUT2D eigenvalue weighted by atomic mass is 19.1. The fourth-order valence-electron chi connectivity index (χ4n) is 4.28. The number of carbonyl (C=O) groups is 8. The number of halogens is 1. The molecule has 0 saturated heterocycles. The van der Waals surface area contributed by atoms with Crippen molar-refractivity contribution in [3.63, 3.8) is 0 Å². The summed E-state index contributed by atoms with van der Waals surface area (Å²) < 4.78 is 32.2. The molecule has 0 aliphatic carbocycles. The molecule has 49 heavy (non-hydrogen) atoms. The molecule has 0 aliphatic heterocycles. The largest absolute Gasteiger partial charge is 0.469 e. The van der Waals surface area contributed by atoms with Crippen LogP contribution in [0.1, 0.15) is 57.9 Å². The molecule has 4 amide bonds. The Labute approximate surface area is 283 Å². The minimum absolute atomic E-state index is 0.0701. The van der Waals surface area contributed by atoms with Crippen LogP contribution in [0.4, 0.5) is 9.18 Å². The summed E-state index contributed by atoms with van der Waals surface area (Å²) in [6, 6.07) is 2.94. The van der Waals surface area contributed by atoms with Gasteiger partial charge in [-0.3, -0.25) is 33.6 Å². The highest BCUT2D eigenvalue weighted by molar-refractivity contribution is 5.97. The molecule has 0 bridgehead atoms. The lowest BCUT2D eigenvalue weighted by Gasteiger charge is -2.26. The zero-order chi connectivity index (χ0) is 36.9. The zero-order valence-electron chi connectivity index (χ0n) is 28.2. The summed E-state index contributed by atoms with van der Waals surface area (Å²) in [6.07, 6.45) is -2.90. The Morgan fingerprint density at radius 2 is 1.12 bits per heavy atom. The topological polar surface area (TPSA) is 222 Å². The summed E-state index contributed by atoms with van der Waals surface area (Å²) in [5.41, 5.74) is 0.707. The number of benzene rings is 1. The highest BCUT2D eigenvalue weighted by Crippen LogP contribution is 2.10. The van der Waals surface area contributed by atoms with Gasteiger partial charge in [0.2, 0.25) is 17.7 Å². The van der Waals surface area contributed by atoms with Crippen LogP contribution in [0.2, 0.25) is 0 Å². The second-order valence-electron chi connectivity index (χ2n) is 11.2. The van der Waals surface area contributed by atoms with E-state index in [-0.39, 0.29) is 38.2 Å². The predicted octanol–water partition coefficient (Wildman–Crippen LogP) is 0.790. The summed E-state index contributed by atoms with van der Waals surface area (Å²) >= 11 is 0. The fourth-order valence-corrected chi connectivity index (χ4v) is 4.28. The Balaban J connectivity index is 3.23. The van der Waals surface area contributed by atoms with E-state index < -0.39 is 91.2 Å². The third-order valence-electron chi connectivity index (χ3n) is 6.96. The number of ether oxygens (including phenoxy) is 4. The van der Waals surface area contributed by atoms with E-state index in [0.717, 1.165) is 21.3 Å². The van der Waals surface area contributed by atoms with Gasteiger partial charge in [-0.1, -0.05) is 44.2 Å². The van der Waals surface area contributed by atoms with E-state index in [1.165, 1.54) is 0 Å². The fraction of sp³-hybridized carbons (Fsp3) is 0.562. The number of alkyl halides is 1. The van der Waals surface area contributed by atoms with E-state index in [9.17, 15) is 42.7 Å². The van der Waals surface area contributed by atoms with E-state index in [4.69, 9.17) is 4.74 Å². The van der Waals surface area contributed by atoms with Crippen LogP contribution in [-0.2, 0) is 59.1 Å². The number of rotatable bonds is 21. The summed E-state index contributed by atoms with van der Waals surface area (Å²) in [6.45, 7) is 2.00. The van der Waals surface area contributed by atoms with Crippen LogP contribution in [0.3, 0.4) is 0 Å². The number of hydrogen-bond acceptors (Lipinski definition) is 12. The molecule has 0 aliphatic rings. The maximum atomic E-state index is 13.5. The SMILES string of the molecule is COC(=O)CCC(NC(=O)C(CCC(=O)OC)NC(=O)C(CC(C)C)NC(=O)OCc1ccccc1)C(=O)NC(CC(=O)OC)C(=O)CF. The molecule has 1 rings (SSSR count). The molecular formula is C32H45FN4O12. The number of carbonyl (C=O) groups excluding carboxylic acids is 8. The van der Waals surface area contributed by atoms with Crippen molar-refractivity contribution >= 4 is 47.5 Å². The van der Waals surface area contributed by atoms with Crippen molar-refractivity contribution in [2.45, 2.75) is 83.1 Å². The van der Waals surface area contributed by atoms with Gasteiger partial charge in [0, 0.05) is 12.8 Å². The van der Waals surface area contributed by atoms with Gasteiger partial charge in [0.25, 0.3) is 0 Å². The highest BCUT2D eigenvalue weighted by Gasteiger charge is 2.33. The second kappa shape index (κ2) is 22.5. The molecule has 0 heterocycles. The Hall–Kier alpha value is -5.09. The molecule has 4 unspecified atom stereocenters. The summed E-state index contributed by atoms with van der Waals surface area (Å²) in [5.74, 6) is -6.52. The Morgan fingerprint density at radius 3 is 1.57 bits per heavy atom. The number of alkyl carbamates (subject to hydrolysis) is 1. The van der Waals surface area contributed by atoms with Gasteiger partial charge in [-0.05, 0) is 30.7 Å². The molecule has 16 nitrogen and oxygen atoms in total. The number of esters is 3. The zero-order valence-corrected chi connectivity index (χ0v) is 28.2. The standard InChI is InChI=1S/C32H45FN4O12/c1-19(2)15-24(37-32(45)49-18-20-9-7-6-8-10-20)31(44)35-21(11-13-26(39)46-3)29(42)34-22(12-14-27(40)47-4)30(43)36-23(25(38)17-33)16-28(41)48-5/h6-10,19,21-24H,11-18H2,1-5H3,(H,34,42)(H,35,44)(H,36,43)(H,37,45). The average molecular weight is 697 g/mol. The van der Waals surface area contributed by atoms with E-state index >= 15 is 0 Å². The summed E-state index contributed by atoms with van der Waals surface area (Å²) in [5, 5.41) is 9.53. The Bertz CT molecular complexity index is 1290. The van der Waals surface area contributed by atoms with Gasteiger partial charge in [-0.2, -0.15) is 0 Å². The van der Waals surface area contributed by atoms with E-state index in [1.54, 1.807) is 44.2 Å². The first-order chi connectivity index (χ1) is 23.2. The molecule has 0 spiro atoms. The first kappa shape index (κ1) is 41.9. The van der Waals surface area contributed by atoms with Crippen molar-refractivity contribution < 1.29 is 61.7 Å². The molecule has 0 aromatic heterocycles. The molecule has 0 saturated carbocycles. The van der Waals surface area contributed by atoms with Gasteiger partial charge in [-0.25, -0.2) is 9.18 Å². The molecule has 4 N–H and O–H groups in total. The van der Waals surface area contributed by atoms with Crippen LogP contribution in [0, 0.1) is 5.92 Å². The monoisotopic (exact) mass is 696 g/mol. The molecule has 0 fully saturated rings. The number of ketones is 1. The van der Waals surface area contributed by atoms with Crippen LogP contribution in [0.15, 0.2) is 30.3 Å². The van der Waals surface area contributed by atoms with E-state index in [2.05, 4.69) is 35.5 Å². The van der Waals surface area contributed by atoms with Crippen molar-refractivity contribution in [3.05, 3.63) is 35.9 Å². The van der Waals surface area contributed by atoms with Gasteiger partial charge >= 0.3 is 24.0 Å². The molecule has 272 valence electrons. The molecule has 1 aromatic carbocycles. The van der Waals surface area contributed by atoms with Crippen molar-refractivity contribution in [1.29, 1.82) is 0 Å². The predicted molar refractivity (Wildman–Crippen MR) is 169 cm³/mol. The maximum absolute atomic E-state index is 13.5. The van der Waals surface area contributed by atoms with Gasteiger partial charge in [-0.15, -0.1) is 0 Å². The Morgan fingerprint density at radius 1 is 0.653 bits per heavy atom. The lowest BCUT2D eigenvalue weighted by Crippen LogP contribution is -2.58. The van der Waals surface area contributed by atoms with Crippen molar-refractivity contribution in [3.8, 4) is 0 Å². The van der Waals surface area contributed by atoms with Gasteiger partial charge in [0.05, 0.1) is 27.8 Å². The first-order valence-corrected chi connectivity index (χ1v) is 15.4. The summed E-state index contributed by atoms with van der Waals surface area (Å²) in [7, 11) is 3.24. The molecule has 1 aromatic rings. The molecule has 0 radical (unpaired) electrons. The molecule has 4 atom stereocenters.